The molecule has 150 valence electrons. The highest BCUT2D eigenvalue weighted by molar-refractivity contribution is 7.99. The van der Waals surface area contributed by atoms with Crippen molar-refractivity contribution in [2.75, 3.05) is 11.1 Å². The van der Waals surface area contributed by atoms with E-state index in [2.05, 4.69) is 15.3 Å². The summed E-state index contributed by atoms with van der Waals surface area (Å²) in [7, 11) is 0. The van der Waals surface area contributed by atoms with Crippen LogP contribution in [0.1, 0.15) is 11.3 Å². The van der Waals surface area contributed by atoms with Gasteiger partial charge in [-0.05, 0) is 35.9 Å². The molecule has 29 heavy (non-hydrogen) atoms. The Morgan fingerprint density at radius 1 is 1.00 bits per heavy atom. The lowest BCUT2D eigenvalue weighted by Crippen LogP contribution is -2.16. The molecule has 10 heteroatoms. The normalized spacial score (nSPS) is 10.8. The fraction of sp³-hybridized carbons (Fsp3) is 0.105. The van der Waals surface area contributed by atoms with E-state index in [4.69, 9.17) is 46.4 Å². The first-order valence-corrected chi connectivity index (χ1v) is 10.7. The highest BCUT2D eigenvalue weighted by Gasteiger charge is 2.11. The Bertz CT molecular complexity index is 1100. The third-order valence-electron chi connectivity index (χ3n) is 3.74. The first-order valence-electron chi connectivity index (χ1n) is 8.22. The largest absolute Gasteiger partial charge is 0.325 e. The van der Waals surface area contributed by atoms with Crippen LogP contribution in [0.5, 0.6) is 0 Å². The van der Waals surface area contributed by atoms with Gasteiger partial charge in [-0.15, -0.1) is 0 Å². The monoisotopic (exact) mass is 487 g/mol. The molecule has 0 aliphatic heterocycles. The minimum absolute atomic E-state index is 0.0412. The fourth-order valence-corrected chi connectivity index (χ4v) is 3.95. The molecule has 0 unspecified atom stereocenters. The number of halogens is 4. The van der Waals surface area contributed by atoms with Gasteiger partial charge in [0.25, 0.3) is 5.56 Å². The van der Waals surface area contributed by atoms with E-state index in [1.54, 1.807) is 36.4 Å². The van der Waals surface area contributed by atoms with Gasteiger partial charge in [-0.1, -0.05) is 64.2 Å². The number of aromatic nitrogens is 2. The molecule has 0 bridgehead atoms. The van der Waals surface area contributed by atoms with Gasteiger partial charge >= 0.3 is 0 Å². The number of carbonyl (C=O) groups excluding carboxylic acids is 1. The zero-order valence-electron chi connectivity index (χ0n) is 14.6. The van der Waals surface area contributed by atoms with Crippen molar-refractivity contribution in [2.24, 2.45) is 0 Å². The number of thioether (sulfide) groups is 1. The van der Waals surface area contributed by atoms with Crippen LogP contribution in [-0.2, 0) is 11.2 Å². The van der Waals surface area contributed by atoms with E-state index in [0.717, 1.165) is 11.8 Å². The molecule has 0 saturated carbocycles. The molecule has 0 aliphatic carbocycles. The Kier molecular flexibility index (Phi) is 7.49. The van der Waals surface area contributed by atoms with Crippen LogP contribution in [0.2, 0.25) is 20.1 Å². The number of rotatable bonds is 6. The number of hydrogen-bond acceptors (Lipinski definition) is 4. The molecule has 3 aromatic rings. The zero-order chi connectivity index (χ0) is 21.0. The average Bonchev–Trinajstić information content (AvgIpc) is 2.66. The third kappa shape index (κ3) is 6.14. The summed E-state index contributed by atoms with van der Waals surface area (Å²) in [6.07, 6.45) is 0.297. The maximum Gasteiger partial charge on any atom is 0.251 e. The average molecular weight is 489 g/mol. The first kappa shape index (κ1) is 22.0. The SMILES string of the molecule is O=C(CSc1nc(Cc2c(Cl)cccc2Cl)cc(=O)[nH]1)Nc1ccc(Cl)c(Cl)c1. The molecule has 1 aromatic heterocycles. The number of nitrogens with one attached hydrogen (secondary N) is 2. The number of H-pyrrole nitrogens is 1. The first-order chi connectivity index (χ1) is 13.8. The second kappa shape index (κ2) is 9.87. The van der Waals surface area contributed by atoms with Crippen molar-refractivity contribution in [2.45, 2.75) is 11.6 Å². The quantitative estimate of drug-likeness (QED) is 0.344. The third-order valence-corrected chi connectivity index (χ3v) is 6.06. The summed E-state index contributed by atoms with van der Waals surface area (Å²) in [6.45, 7) is 0. The lowest BCUT2D eigenvalue weighted by Gasteiger charge is -2.08. The van der Waals surface area contributed by atoms with Gasteiger partial charge in [0.15, 0.2) is 5.16 Å². The molecule has 0 spiro atoms. The van der Waals surface area contributed by atoms with E-state index < -0.39 is 0 Å². The highest BCUT2D eigenvalue weighted by atomic mass is 35.5. The van der Waals surface area contributed by atoms with E-state index in [9.17, 15) is 9.59 Å². The lowest BCUT2D eigenvalue weighted by atomic mass is 10.1. The maximum absolute atomic E-state index is 12.2. The molecule has 0 atom stereocenters. The van der Waals surface area contributed by atoms with E-state index in [1.807, 2.05) is 0 Å². The molecule has 0 aliphatic rings. The van der Waals surface area contributed by atoms with Gasteiger partial charge < -0.3 is 10.3 Å². The smallest absolute Gasteiger partial charge is 0.251 e. The van der Waals surface area contributed by atoms with Gasteiger partial charge in [-0.25, -0.2) is 4.98 Å². The minimum Gasteiger partial charge on any atom is -0.325 e. The van der Waals surface area contributed by atoms with Crippen LogP contribution in [0.25, 0.3) is 0 Å². The summed E-state index contributed by atoms with van der Waals surface area (Å²) in [5.41, 5.74) is 1.37. The van der Waals surface area contributed by atoms with Crippen molar-refractivity contribution in [3.63, 3.8) is 0 Å². The maximum atomic E-state index is 12.2. The Morgan fingerprint density at radius 3 is 2.41 bits per heavy atom. The second-order valence-electron chi connectivity index (χ2n) is 5.88. The molecule has 0 radical (unpaired) electrons. The number of amides is 1. The van der Waals surface area contributed by atoms with Crippen molar-refractivity contribution in [1.82, 2.24) is 9.97 Å². The Labute approximate surface area is 190 Å². The molecular weight excluding hydrogens is 476 g/mol. The van der Waals surface area contributed by atoms with Crippen LogP contribution in [0.3, 0.4) is 0 Å². The molecule has 5 nitrogen and oxygen atoms in total. The van der Waals surface area contributed by atoms with Crippen LogP contribution >= 0.6 is 58.2 Å². The number of aromatic amines is 1. The lowest BCUT2D eigenvalue weighted by molar-refractivity contribution is -0.113. The van der Waals surface area contributed by atoms with Crippen LogP contribution in [0, 0.1) is 0 Å². The second-order valence-corrected chi connectivity index (χ2v) is 8.48. The minimum atomic E-state index is -0.328. The number of nitrogens with zero attached hydrogens (tertiary/aromatic N) is 1. The van der Waals surface area contributed by atoms with Crippen molar-refractivity contribution in [3.05, 3.63) is 84.2 Å². The Morgan fingerprint density at radius 2 is 1.72 bits per heavy atom. The molecule has 1 heterocycles. The topological polar surface area (TPSA) is 74.8 Å². The number of anilines is 1. The summed E-state index contributed by atoms with van der Waals surface area (Å²) in [6, 6.07) is 11.4. The van der Waals surface area contributed by atoms with E-state index in [0.29, 0.717) is 48.6 Å². The summed E-state index contributed by atoms with van der Waals surface area (Å²) in [5, 5.41) is 4.76. The highest BCUT2D eigenvalue weighted by Crippen LogP contribution is 2.27. The standard InChI is InChI=1S/C19H13Cl4N3O2S/c20-13-2-1-3-14(21)12(13)6-11-8-17(27)26-19(25-11)29-9-18(28)24-10-4-5-15(22)16(23)7-10/h1-5,7-8H,6,9H2,(H,24,28)(H,25,26,27). The van der Waals surface area contributed by atoms with E-state index in [1.165, 1.54) is 6.07 Å². The predicted octanol–water partition coefficient (Wildman–Crippen LogP) is 5.71. The molecule has 0 fully saturated rings. The number of hydrogen-bond donors (Lipinski definition) is 2. The van der Waals surface area contributed by atoms with Gasteiger partial charge in [0, 0.05) is 28.2 Å². The Hall–Kier alpha value is -1.70. The van der Waals surface area contributed by atoms with Crippen molar-refractivity contribution in [3.8, 4) is 0 Å². The summed E-state index contributed by atoms with van der Waals surface area (Å²) >= 11 is 25.3. The molecule has 0 saturated heterocycles. The number of carbonyl (C=O) groups is 1. The number of benzene rings is 2. The predicted molar refractivity (Wildman–Crippen MR) is 120 cm³/mol. The molecule has 2 N–H and O–H groups in total. The van der Waals surface area contributed by atoms with Crippen molar-refractivity contribution < 1.29 is 4.79 Å². The van der Waals surface area contributed by atoms with Crippen molar-refractivity contribution in [1.29, 1.82) is 0 Å². The van der Waals surface area contributed by atoms with Gasteiger partial charge in [0.1, 0.15) is 0 Å². The summed E-state index contributed by atoms with van der Waals surface area (Å²) in [4.78, 5) is 31.1. The van der Waals surface area contributed by atoms with Gasteiger partial charge in [-0.3, -0.25) is 9.59 Å². The molecular formula is C19H13Cl4N3O2S. The van der Waals surface area contributed by atoms with Crippen LogP contribution < -0.4 is 10.9 Å². The fourth-order valence-electron chi connectivity index (χ4n) is 2.43. The van der Waals surface area contributed by atoms with Crippen molar-refractivity contribution >= 4 is 69.8 Å². The Balaban J connectivity index is 1.67. The van der Waals surface area contributed by atoms with Gasteiger partial charge in [-0.2, -0.15) is 0 Å². The van der Waals surface area contributed by atoms with Crippen LogP contribution in [-0.4, -0.2) is 21.6 Å². The van der Waals surface area contributed by atoms with Gasteiger partial charge in [0.05, 0.1) is 21.5 Å². The summed E-state index contributed by atoms with van der Waals surface area (Å²) < 4.78 is 0. The summed E-state index contributed by atoms with van der Waals surface area (Å²) in [5.74, 6) is -0.241. The molecule has 1 amide bonds. The van der Waals surface area contributed by atoms with Crippen LogP contribution in [0.4, 0.5) is 5.69 Å². The van der Waals surface area contributed by atoms with Crippen LogP contribution in [0.15, 0.2) is 52.4 Å². The van der Waals surface area contributed by atoms with Gasteiger partial charge in [0.2, 0.25) is 5.91 Å². The zero-order valence-corrected chi connectivity index (χ0v) is 18.5. The molecule has 3 rings (SSSR count). The van der Waals surface area contributed by atoms with E-state index in [-0.39, 0.29) is 17.2 Å². The van der Waals surface area contributed by atoms with E-state index >= 15 is 0 Å². The molecule has 2 aromatic carbocycles.